The van der Waals surface area contributed by atoms with Gasteiger partial charge in [-0.2, -0.15) is 0 Å². The molecule has 2 atom stereocenters. The minimum atomic E-state index is -0.524. The van der Waals surface area contributed by atoms with Crippen molar-refractivity contribution in [3.8, 4) is 0 Å². The van der Waals surface area contributed by atoms with Gasteiger partial charge in [0.15, 0.2) is 0 Å². The second-order valence-corrected chi connectivity index (χ2v) is 11.7. The molecule has 2 aliphatic heterocycles. The molecular formula is C35H37N5O4. The lowest BCUT2D eigenvalue weighted by Gasteiger charge is -2.32. The van der Waals surface area contributed by atoms with Crippen molar-refractivity contribution in [1.29, 1.82) is 0 Å². The van der Waals surface area contributed by atoms with E-state index < -0.39 is 6.04 Å². The molecule has 44 heavy (non-hydrogen) atoms. The molecule has 1 aliphatic carbocycles. The Labute approximate surface area is 257 Å². The van der Waals surface area contributed by atoms with Gasteiger partial charge >= 0.3 is 0 Å². The Morgan fingerprint density at radius 2 is 1.20 bits per heavy atom. The van der Waals surface area contributed by atoms with Crippen molar-refractivity contribution in [3.63, 3.8) is 0 Å². The fourth-order valence-corrected chi connectivity index (χ4v) is 6.11. The number of nitrogens with one attached hydrogen (secondary N) is 2. The van der Waals surface area contributed by atoms with E-state index in [0.717, 1.165) is 43.2 Å². The average Bonchev–Trinajstić information content (AvgIpc) is 3.72. The van der Waals surface area contributed by atoms with E-state index in [0.29, 0.717) is 43.0 Å². The summed E-state index contributed by atoms with van der Waals surface area (Å²) in [5.41, 5.74) is 3.65. The van der Waals surface area contributed by atoms with Crippen LogP contribution in [0.5, 0.6) is 0 Å². The Morgan fingerprint density at radius 3 is 1.70 bits per heavy atom. The van der Waals surface area contributed by atoms with Gasteiger partial charge in [0.1, 0.15) is 17.8 Å². The van der Waals surface area contributed by atoms with Crippen LogP contribution in [0.3, 0.4) is 0 Å². The Bertz CT molecular complexity index is 1530. The maximum atomic E-state index is 13.0. The molecule has 3 heterocycles. The standard InChI is InChI=1S/C35H37N5O4/c41-32(30-9-4-22-39(30)34(43)26-6-3-7-26)37-27-17-13-24(14-18-27)11-12-25-15-19-28(20-16-25)38-33(42)31-10-5-23-40(31)35(44)29-8-1-2-21-36-29/h1-2,8,11-21,26,30-31H,3-7,9-10,22-23H2,(H,37,41)(H,38,42)/b12-11+. The second kappa shape index (κ2) is 13.2. The number of carbonyl (C=O) groups excluding carboxylic acids is 4. The first-order valence-electron chi connectivity index (χ1n) is 15.5. The van der Waals surface area contributed by atoms with Crippen LogP contribution in [-0.4, -0.2) is 63.6 Å². The molecule has 0 radical (unpaired) electrons. The minimum Gasteiger partial charge on any atom is -0.330 e. The number of carbonyl (C=O) groups is 4. The summed E-state index contributed by atoms with van der Waals surface area (Å²) in [6, 6.07) is 19.4. The number of rotatable bonds is 8. The number of nitrogens with zero attached hydrogens (tertiary/aromatic N) is 3. The number of pyridine rings is 1. The third kappa shape index (κ3) is 6.56. The number of benzene rings is 2. The molecule has 2 aromatic carbocycles. The van der Waals surface area contributed by atoms with Crippen LogP contribution < -0.4 is 10.6 Å². The third-order valence-corrected chi connectivity index (χ3v) is 8.82. The summed E-state index contributed by atoms with van der Waals surface area (Å²) in [5, 5.41) is 5.94. The molecule has 6 rings (SSSR count). The van der Waals surface area contributed by atoms with Gasteiger partial charge < -0.3 is 20.4 Å². The van der Waals surface area contributed by atoms with Crippen molar-refractivity contribution < 1.29 is 19.2 Å². The lowest BCUT2D eigenvalue weighted by Crippen LogP contribution is -2.46. The van der Waals surface area contributed by atoms with Crippen molar-refractivity contribution in [2.45, 2.75) is 57.0 Å². The summed E-state index contributed by atoms with van der Waals surface area (Å²) >= 11 is 0. The summed E-state index contributed by atoms with van der Waals surface area (Å²) in [7, 11) is 0. The minimum absolute atomic E-state index is 0.0994. The maximum absolute atomic E-state index is 13.0. The summed E-state index contributed by atoms with van der Waals surface area (Å²) in [6.07, 6.45) is 11.5. The lowest BCUT2D eigenvalue weighted by atomic mass is 9.84. The highest BCUT2D eigenvalue weighted by atomic mass is 16.2. The number of aromatic nitrogens is 1. The number of hydrogen-bond acceptors (Lipinski definition) is 5. The summed E-state index contributed by atoms with van der Waals surface area (Å²) in [4.78, 5) is 59.1. The zero-order valence-electron chi connectivity index (χ0n) is 24.7. The van der Waals surface area contributed by atoms with E-state index in [1.54, 1.807) is 34.2 Å². The lowest BCUT2D eigenvalue weighted by molar-refractivity contribution is -0.142. The summed E-state index contributed by atoms with van der Waals surface area (Å²) in [5.74, 6) is -0.310. The van der Waals surface area contributed by atoms with Crippen LogP contribution in [0.4, 0.5) is 11.4 Å². The molecule has 3 aromatic rings. The van der Waals surface area contributed by atoms with Gasteiger partial charge in [0.05, 0.1) is 0 Å². The predicted molar refractivity (Wildman–Crippen MR) is 169 cm³/mol. The summed E-state index contributed by atoms with van der Waals surface area (Å²) in [6.45, 7) is 1.20. The van der Waals surface area contributed by atoms with Gasteiger partial charge in [-0.25, -0.2) is 0 Å². The number of amides is 4. The van der Waals surface area contributed by atoms with E-state index in [9.17, 15) is 19.2 Å². The molecule has 1 saturated carbocycles. The second-order valence-electron chi connectivity index (χ2n) is 11.7. The fraction of sp³-hybridized carbons (Fsp3) is 0.343. The molecule has 4 amide bonds. The first kappa shape index (κ1) is 29.3. The zero-order valence-corrected chi connectivity index (χ0v) is 24.7. The van der Waals surface area contributed by atoms with E-state index in [-0.39, 0.29) is 35.6 Å². The predicted octanol–water partition coefficient (Wildman–Crippen LogP) is 5.22. The molecule has 0 bridgehead atoms. The van der Waals surface area contributed by atoms with E-state index >= 15 is 0 Å². The van der Waals surface area contributed by atoms with Gasteiger partial charge in [-0.3, -0.25) is 24.2 Å². The van der Waals surface area contributed by atoms with Gasteiger partial charge in [0.2, 0.25) is 17.7 Å². The molecule has 0 spiro atoms. The molecule has 2 unspecified atom stereocenters. The first-order chi connectivity index (χ1) is 21.5. The quantitative estimate of drug-likeness (QED) is 0.349. The molecule has 226 valence electrons. The van der Waals surface area contributed by atoms with E-state index in [1.807, 2.05) is 60.7 Å². The van der Waals surface area contributed by atoms with Crippen LogP contribution in [0.15, 0.2) is 72.9 Å². The van der Waals surface area contributed by atoms with Crippen molar-refractivity contribution in [2.75, 3.05) is 23.7 Å². The maximum Gasteiger partial charge on any atom is 0.273 e. The van der Waals surface area contributed by atoms with Crippen molar-refractivity contribution >= 4 is 47.2 Å². The van der Waals surface area contributed by atoms with Crippen LogP contribution in [-0.2, 0) is 14.4 Å². The summed E-state index contributed by atoms with van der Waals surface area (Å²) < 4.78 is 0. The highest BCUT2D eigenvalue weighted by Gasteiger charge is 2.39. The van der Waals surface area contributed by atoms with E-state index in [4.69, 9.17) is 0 Å². The number of anilines is 2. The third-order valence-electron chi connectivity index (χ3n) is 8.82. The van der Waals surface area contributed by atoms with Gasteiger partial charge in [-0.1, -0.05) is 48.9 Å². The van der Waals surface area contributed by atoms with Gasteiger partial charge in [-0.15, -0.1) is 0 Å². The highest BCUT2D eigenvalue weighted by Crippen LogP contribution is 2.31. The molecule has 1 aromatic heterocycles. The van der Waals surface area contributed by atoms with Gasteiger partial charge in [-0.05, 0) is 86.1 Å². The molecule has 3 aliphatic rings. The van der Waals surface area contributed by atoms with Gasteiger partial charge in [0, 0.05) is 36.6 Å². The van der Waals surface area contributed by atoms with Crippen molar-refractivity contribution in [2.24, 2.45) is 5.92 Å². The van der Waals surface area contributed by atoms with Crippen LogP contribution in [0.1, 0.15) is 66.6 Å². The smallest absolute Gasteiger partial charge is 0.273 e. The number of likely N-dealkylation sites (tertiary alicyclic amines) is 2. The Kier molecular flexibility index (Phi) is 8.81. The van der Waals surface area contributed by atoms with Crippen LogP contribution >= 0.6 is 0 Å². The highest BCUT2D eigenvalue weighted by molar-refractivity contribution is 6.01. The Hall–Kier alpha value is -4.79. The molecule has 9 nitrogen and oxygen atoms in total. The van der Waals surface area contributed by atoms with Crippen LogP contribution in [0, 0.1) is 5.92 Å². The molecule has 2 saturated heterocycles. The molecule has 9 heteroatoms. The Morgan fingerprint density at radius 1 is 0.659 bits per heavy atom. The number of hydrogen-bond donors (Lipinski definition) is 2. The van der Waals surface area contributed by atoms with E-state index in [2.05, 4.69) is 15.6 Å². The molecule has 2 N–H and O–H groups in total. The fourth-order valence-electron chi connectivity index (χ4n) is 6.11. The largest absolute Gasteiger partial charge is 0.330 e. The Balaban J connectivity index is 1.00. The van der Waals surface area contributed by atoms with Crippen molar-refractivity contribution in [1.82, 2.24) is 14.8 Å². The normalized spacial score (nSPS) is 20.0. The topological polar surface area (TPSA) is 112 Å². The van der Waals surface area contributed by atoms with E-state index in [1.165, 1.54) is 0 Å². The van der Waals surface area contributed by atoms with Crippen molar-refractivity contribution in [3.05, 3.63) is 89.7 Å². The zero-order chi connectivity index (χ0) is 30.5. The van der Waals surface area contributed by atoms with Crippen LogP contribution in [0.25, 0.3) is 12.2 Å². The monoisotopic (exact) mass is 591 g/mol. The first-order valence-corrected chi connectivity index (χ1v) is 15.5. The van der Waals surface area contributed by atoms with Crippen LogP contribution in [0.2, 0.25) is 0 Å². The van der Waals surface area contributed by atoms with Gasteiger partial charge in [0.25, 0.3) is 5.91 Å². The SMILES string of the molecule is O=C(Nc1ccc(/C=C/c2ccc(NC(=O)C3CCCN3C(=O)C3CCC3)cc2)cc1)C1CCCN1C(=O)c1ccccn1. The average molecular weight is 592 g/mol. The molecular weight excluding hydrogens is 554 g/mol. The molecule has 3 fully saturated rings.